The summed E-state index contributed by atoms with van der Waals surface area (Å²) >= 11 is 6.41. The van der Waals surface area contributed by atoms with Gasteiger partial charge in [0, 0.05) is 30.0 Å². The highest BCUT2D eigenvalue weighted by molar-refractivity contribution is 6.20. The first kappa shape index (κ1) is 22.5. The Morgan fingerprint density at radius 2 is 1.48 bits per heavy atom. The molecule has 6 atom stereocenters. The SMILES string of the molecule is CC(C)(C#N)C1CCC(C2NNC3CNC4CCC(C5CCC(Cl)CC5)CC4C32)CC1. The van der Waals surface area contributed by atoms with Gasteiger partial charge in [0.05, 0.1) is 11.5 Å². The molecule has 0 amide bonds. The van der Waals surface area contributed by atoms with Gasteiger partial charge in [0.15, 0.2) is 0 Å². The molecule has 3 saturated carbocycles. The van der Waals surface area contributed by atoms with Gasteiger partial charge in [0.2, 0.25) is 0 Å². The largest absolute Gasteiger partial charge is 0.312 e. The van der Waals surface area contributed by atoms with Crippen LogP contribution in [-0.2, 0) is 0 Å². The standard InChI is InChI=1S/C26H43ClN4/c1-26(2,15-28)19-8-3-17(4-9-19)25-24-21-13-18(16-5-10-20(27)11-6-16)7-12-22(21)29-14-23(24)30-31-25/h16-25,29-31H,3-14H2,1-2H3. The third-order valence-corrected chi connectivity index (χ3v) is 10.7. The maximum Gasteiger partial charge on any atom is 0.0686 e. The number of alkyl halides is 1. The van der Waals surface area contributed by atoms with Crippen molar-refractivity contribution in [3.05, 3.63) is 0 Å². The second kappa shape index (κ2) is 9.13. The lowest BCUT2D eigenvalue weighted by atomic mass is 9.60. The molecule has 5 aliphatic rings. The van der Waals surface area contributed by atoms with Gasteiger partial charge in [0.1, 0.15) is 0 Å². The maximum atomic E-state index is 9.57. The lowest BCUT2D eigenvalue weighted by molar-refractivity contribution is 0.0448. The topological polar surface area (TPSA) is 59.9 Å². The Labute approximate surface area is 194 Å². The number of rotatable bonds is 3. The van der Waals surface area contributed by atoms with Crippen LogP contribution in [0.15, 0.2) is 0 Å². The quantitative estimate of drug-likeness (QED) is 0.534. The van der Waals surface area contributed by atoms with E-state index in [1.165, 1.54) is 70.6 Å². The molecular weight excluding hydrogens is 404 g/mol. The van der Waals surface area contributed by atoms with Gasteiger partial charge in [-0.3, -0.25) is 10.9 Å². The number of hydrazine groups is 1. The van der Waals surface area contributed by atoms with Crippen molar-refractivity contribution < 1.29 is 0 Å². The van der Waals surface area contributed by atoms with Crippen LogP contribution in [0.3, 0.4) is 0 Å². The monoisotopic (exact) mass is 446 g/mol. The van der Waals surface area contributed by atoms with Crippen LogP contribution < -0.4 is 16.2 Å². The molecule has 174 valence electrons. The lowest BCUT2D eigenvalue weighted by Gasteiger charge is -2.50. The van der Waals surface area contributed by atoms with Crippen molar-refractivity contribution in [1.82, 2.24) is 16.2 Å². The zero-order valence-electron chi connectivity index (χ0n) is 19.6. The molecule has 0 aromatic rings. The first-order valence-electron chi connectivity index (χ1n) is 13.3. The number of fused-ring (bicyclic) bond motifs is 3. The Bertz CT molecular complexity index is 659. The van der Waals surface area contributed by atoms with Crippen LogP contribution >= 0.6 is 11.6 Å². The van der Waals surface area contributed by atoms with Crippen LogP contribution in [0.4, 0.5) is 0 Å². The molecule has 4 nitrogen and oxygen atoms in total. The van der Waals surface area contributed by atoms with E-state index in [0.717, 1.165) is 42.2 Å². The highest BCUT2D eigenvalue weighted by Gasteiger charge is 2.52. The fraction of sp³-hybridized carbons (Fsp3) is 0.962. The van der Waals surface area contributed by atoms with Crippen LogP contribution in [-0.4, -0.2) is 30.0 Å². The van der Waals surface area contributed by atoms with Crippen molar-refractivity contribution >= 4 is 11.6 Å². The van der Waals surface area contributed by atoms with E-state index in [4.69, 9.17) is 11.6 Å². The maximum absolute atomic E-state index is 9.57. The third-order valence-electron chi connectivity index (χ3n) is 10.3. The fourth-order valence-electron chi connectivity index (χ4n) is 8.30. The number of piperidine rings is 1. The highest BCUT2D eigenvalue weighted by Crippen LogP contribution is 2.49. The highest BCUT2D eigenvalue weighted by atomic mass is 35.5. The van der Waals surface area contributed by atoms with Crippen molar-refractivity contribution in [1.29, 1.82) is 5.26 Å². The number of hydrogen-bond donors (Lipinski definition) is 3. The first-order valence-corrected chi connectivity index (χ1v) is 13.7. The van der Waals surface area contributed by atoms with E-state index in [1.54, 1.807) is 0 Å². The van der Waals surface area contributed by atoms with E-state index in [0.29, 0.717) is 23.4 Å². The minimum atomic E-state index is -0.173. The van der Waals surface area contributed by atoms with Gasteiger partial charge < -0.3 is 5.32 Å². The van der Waals surface area contributed by atoms with Crippen molar-refractivity contribution in [2.45, 2.75) is 108 Å². The molecule has 2 heterocycles. The molecule has 5 heteroatoms. The number of halogens is 1. The van der Waals surface area contributed by atoms with E-state index in [1.807, 2.05) is 0 Å². The molecule has 0 aromatic carbocycles. The van der Waals surface area contributed by atoms with Gasteiger partial charge in [0.25, 0.3) is 0 Å². The van der Waals surface area contributed by atoms with E-state index in [-0.39, 0.29) is 5.41 Å². The summed E-state index contributed by atoms with van der Waals surface area (Å²) in [7, 11) is 0. The van der Waals surface area contributed by atoms with Gasteiger partial charge >= 0.3 is 0 Å². The summed E-state index contributed by atoms with van der Waals surface area (Å²) in [5.41, 5.74) is 7.33. The Kier molecular flexibility index (Phi) is 6.61. The number of nitriles is 1. The summed E-state index contributed by atoms with van der Waals surface area (Å²) in [5.74, 6) is 4.74. The van der Waals surface area contributed by atoms with E-state index < -0.39 is 0 Å². The Hall–Kier alpha value is -0.340. The zero-order valence-corrected chi connectivity index (χ0v) is 20.3. The summed E-state index contributed by atoms with van der Waals surface area (Å²) in [5, 5.41) is 13.9. The number of hydrogen-bond acceptors (Lipinski definition) is 4. The molecule has 0 bridgehead atoms. The zero-order chi connectivity index (χ0) is 21.6. The van der Waals surface area contributed by atoms with Gasteiger partial charge in [-0.2, -0.15) is 5.26 Å². The average Bonchev–Trinajstić information content (AvgIpc) is 3.24. The summed E-state index contributed by atoms with van der Waals surface area (Å²) in [4.78, 5) is 0. The predicted octanol–water partition coefficient (Wildman–Crippen LogP) is 4.99. The Balaban J connectivity index is 1.25. The molecule has 31 heavy (non-hydrogen) atoms. The minimum Gasteiger partial charge on any atom is -0.312 e. The molecular formula is C26H43ClN4. The van der Waals surface area contributed by atoms with Crippen LogP contribution in [0.2, 0.25) is 0 Å². The molecule has 2 saturated heterocycles. The number of nitrogens with zero attached hydrogens (tertiary/aromatic N) is 1. The number of nitrogens with one attached hydrogen (secondary N) is 3. The molecule has 3 N–H and O–H groups in total. The van der Waals surface area contributed by atoms with Crippen molar-refractivity contribution in [3.63, 3.8) is 0 Å². The van der Waals surface area contributed by atoms with Crippen LogP contribution in [0, 0.1) is 52.3 Å². The summed E-state index contributed by atoms with van der Waals surface area (Å²) in [6, 6.07) is 4.49. The van der Waals surface area contributed by atoms with Crippen LogP contribution in [0.5, 0.6) is 0 Å². The Morgan fingerprint density at radius 3 is 2.19 bits per heavy atom. The van der Waals surface area contributed by atoms with Gasteiger partial charge in [-0.25, -0.2) is 0 Å². The summed E-state index contributed by atoms with van der Waals surface area (Å²) in [6.07, 6.45) is 14.4. The van der Waals surface area contributed by atoms with E-state index in [2.05, 4.69) is 36.1 Å². The second-order valence-corrected chi connectivity index (χ2v) is 12.8. The van der Waals surface area contributed by atoms with Crippen molar-refractivity contribution in [2.24, 2.45) is 40.9 Å². The first-order chi connectivity index (χ1) is 15.0. The fourth-order valence-corrected chi connectivity index (χ4v) is 8.55. The molecule has 3 aliphatic carbocycles. The molecule has 5 fully saturated rings. The minimum absolute atomic E-state index is 0.173. The predicted molar refractivity (Wildman–Crippen MR) is 126 cm³/mol. The molecule has 0 spiro atoms. The van der Waals surface area contributed by atoms with E-state index in [9.17, 15) is 5.26 Å². The van der Waals surface area contributed by atoms with Gasteiger partial charge in [-0.1, -0.05) is 0 Å². The van der Waals surface area contributed by atoms with Gasteiger partial charge in [-0.05, 0) is 120 Å². The molecule has 0 aromatic heterocycles. The van der Waals surface area contributed by atoms with Crippen LogP contribution in [0.25, 0.3) is 0 Å². The van der Waals surface area contributed by atoms with Crippen molar-refractivity contribution in [3.8, 4) is 6.07 Å². The van der Waals surface area contributed by atoms with Gasteiger partial charge in [-0.15, -0.1) is 11.6 Å². The lowest BCUT2D eigenvalue weighted by Crippen LogP contribution is -2.58. The Morgan fingerprint density at radius 1 is 0.806 bits per heavy atom. The average molecular weight is 447 g/mol. The van der Waals surface area contributed by atoms with Crippen molar-refractivity contribution in [2.75, 3.05) is 6.54 Å². The molecule has 5 rings (SSSR count). The normalized spacial score (nSPS) is 48.5. The third kappa shape index (κ3) is 4.42. The van der Waals surface area contributed by atoms with Crippen LogP contribution in [0.1, 0.15) is 84.5 Å². The molecule has 0 radical (unpaired) electrons. The smallest absolute Gasteiger partial charge is 0.0686 e. The molecule has 6 unspecified atom stereocenters. The second-order valence-electron chi connectivity index (χ2n) is 12.2. The van der Waals surface area contributed by atoms with E-state index >= 15 is 0 Å². The molecule has 2 aliphatic heterocycles. The summed E-state index contributed by atoms with van der Waals surface area (Å²) in [6.45, 7) is 5.40. The summed E-state index contributed by atoms with van der Waals surface area (Å²) < 4.78 is 0.